The molecule has 106 valence electrons. The fourth-order valence-electron chi connectivity index (χ4n) is 0.902. The molecule has 5 nitrogen and oxygen atoms in total. The Hall–Kier alpha value is -0.200. The van der Waals surface area contributed by atoms with Gasteiger partial charge in [0.05, 0.1) is 39.6 Å². The summed E-state index contributed by atoms with van der Waals surface area (Å²) in [6.45, 7) is 9.73. The molecule has 0 saturated heterocycles. The van der Waals surface area contributed by atoms with Crippen LogP contribution in [0, 0.1) is 0 Å². The van der Waals surface area contributed by atoms with Crippen LogP contribution in [0.2, 0.25) is 0 Å². The van der Waals surface area contributed by atoms with Gasteiger partial charge in [0.2, 0.25) is 0 Å². The Labute approximate surface area is 106 Å². The summed E-state index contributed by atoms with van der Waals surface area (Å²) in [6.07, 6.45) is 0. The molecule has 17 heavy (non-hydrogen) atoms. The maximum absolute atomic E-state index is 5.27. The first-order valence-corrected chi connectivity index (χ1v) is 6.26. The summed E-state index contributed by atoms with van der Waals surface area (Å²) in [4.78, 5) is 0. The third-order valence-corrected chi connectivity index (χ3v) is 1.71. The summed E-state index contributed by atoms with van der Waals surface area (Å²) >= 11 is 0. The molecule has 0 aromatic rings. The zero-order valence-corrected chi connectivity index (χ0v) is 11.8. The van der Waals surface area contributed by atoms with E-state index in [1.165, 1.54) is 0 Å². The molecule has 0 spiro atoms. The van der Waals surface area contributed by atoms with E-state index in [0.29, 0.717) is 39.6 Å². The van der Waals surface area contributed by atoms with Crippen molar-refractivity contribution in [2.45, 2.75) is 13.8 Å². The van der Waals surface area contributed by atoms with E-state index in [4.69, 9.17) is 18.9 Å². The van der Waals surface area contributed by atoms with Gasteiger partial charge in [-0.25, -0.2) is 0 Å². The first kappa shape index (κ1) is 19.1. The van der Waals surface area contributed by atoms with Crippen LogP contribution in [-0.4, -0.2) is 67.0 Å². The smallest absolute Gasteiger partial charge is 0.0700 e. The number of hydrogen-bond acceptors (Lipinski definition) is 5. The maximum Gasteiger partial charge on any atom is 0.0700 e. The standard InChI is InChI=1S/C10H23NO4.C2H6/c1-12-7-9-14-5-3-11-4-6-15-10-8-13-2;1-2/h11H,3-10H2,1-2H3;1-2H3. The summed E-state index contributed by atoms with van der Waals surface area (Å²) in [5.41, 5.74) is 0. The molecule has 0 bridgehead atoms. The van der Waals surface area contributed by atoms with Gasteiger partial charge in [-0.3, -0.25) is 0 Å². The summed E-state index contributed by atoms with van der Waals surface area (Å²) in [5, 5.41) is 3.21. The second kappa shape index (κ2) is 21.1. The number of hydrogen-bond donors (Lipinski definition) is 1. The second-order valence-corrected chi connectivity index (χ2v) is 2.96. The van der Waals surface area contributed by atoms with Crippen molar-refractivity contribution in [3.8, 4) is 0 Å². The minimum absolute atomic E-state index is 0.653. The monoisotopic (exact) mass is 251 g/mol. The van der Waals surface area contributed by atoms with Gasteiger partial charge >= 0.3 is 0 Å². The highest BCUT2D eigenvalue weighted by Gasteiger charge is 1.90. The van der Waals surface area contributed by atoms with Crippen LogP contribution < -0.4 is 5.32 Å². The first-order chi connectivity index (χ1) is 8.41. The van der Waals surface area contributed by atoms with Crippen LogP contribution >= 0.6 is 0 Å². The van der Waals surface area contributed by atoms with Gasteiger partial charge in [-0.1, -0.05) is 13.8 Å². The van der Waals surface area contributed by atoms with E-state index in [9.17, 15) is 0 Å². The highest BCUT2D eigenvalue weighted by molar-refractivity contribution is 4.45. The Bertz CT molecular complexity index is 103. The van der Waals surface area contributed by atoms with Gasteiger partial charge in [-0.2, -0.15) is 0 Å². The van der Waals surface area contributed by atoms with Crippen LogP contribution in [0.1, 0.15) is 13.8 Å². The average molecular weight is 251 g/mol. The van der Waals surface area contributed by atoms with Crippen molar-refractivity contribution in [1.29, 1.82) is 0 Å². The third-order valence-electron chi connectivity index (χ3n) is 1.71. The quantitative estimate of drug-likeness (QED) is 0.523. The van der Waals surface area contributed by atoms with Crippen LogP contribution in [0.4, 0.5) is 0 Å². The minimum Gasteiger partial charge on any atom is -0.382 e. The van der Waals surface area contributed by atoms with E-state index in [2.05, 4.69) is 5.32 Å². The van der Waals surface area contributed by atoms with E-state index in [1.807, 2.05) is 13.8 Å². The molecule has 0 atom stereocenters. The lowest BCUT2D eigenvalue weighted by atomic mass is 10.6. The van der Waals surface area contributed by atoms with Crippen molar-refractivity contribution in [1.82, 2.24) is 5.32 Å². The van der Waals surface area contributed by atoms with E-state index in [1.54, 1.807) is 14.2 Å². The number of ether oxygens (including phenoxy) is 4. The predicted molar refractivity (Wildman–Crippen MR) is 69.6 cm³/mol. The van der Waals surface area contributed by atoms with E-state index in [0.717, 1.165) is 13.1 Å². The summed E-state index contributed by atoms with van der Waals surface area (Å²) < 4.78 is 20.2. The van der Waals surface area contributed by atoms with Crippen molar-refractivity contribution >= 4 is 0 Å². The van der Waals surface area contributed by atoms with Gasteiger partial charge in [-0.15, -0.1) is 0 Å². The fourth-order valence-corrected chi connectivity index (χ4v) is 0.902. The van der Waals surface area contributed by atoms with Crippen molar-refractivity contribution in [2.24, 2.45) is 0 Å². The van der Waals surface area contributed by atoms with Crippen LogP contribution in [0.25, 0.3) is 0 Å². The van der Waals surface area contributed by atoms with Gasteiger partial charge in [0.25, 0.3) is 0 Å². The average Bonchev–Trinajstić information content (AvgIpc) is 2.38. The summed E-state index contributed by atoms with van der Waals surface area (Å²) in [5.74, 6) is 0. The lowest BCUT2D eigenvalue weighted by Crippen LogP contribution is -2.25. The molecule has 0 saturated carbocycles. The normalized spacial score (nSPS) is 9.88. The predicted octanol–water partition coefficient (Wildman–Crippen LogP) is 0.928. The van der Waals surface area contributed by atoms with Crippen molar-refractivity contribution < 1.29 is 18.9 Å². The minimum atomic E-state index is 0.653. The fraction of sp³-hybridized carbons (Fsp3) is 1.00. The zero-order valence-electron chi connectivity index (χ0n) is 11.8. The van der Waals surface area contributed by atoms with Crippen LogP contribution in [0.3, 0.4) is 0 Å². The molecule has 0 aliphatic rings. The highest BCUT2D eigenvalue weighted by Crippen LogP contribution is 1.76. The molecular formula is C12H29NO4. The Balaban J connectivity index is 0. The summed E-state index contributed by atoms with van der Waals surface area (Å²) in [6, 6.07) is 0. The first-order valence-electron chi connectivity index (χ1n) is 6.26. The van der Waals surface area contributed by atoms with Crippen LogP contribution in [0.5, 0.6) is 0 Å². The van der Waals surface area contributed by atoms with Crippen LogP contribution in [-0.2, 0) is 18.9 Å². The Kier molecular flexibility index (Phi) is 23.8. The van der Waals surface area contributed by atoms with Crippen molar-refractivity contribution in [3.63, 3.8) is 0 Å². The Morgan fingerprint density at radius 2 is 1.06 bits per heavy atom. The molecule has 0 aromatic carbocycles. The van der Waals surface area contributed by atoms with Gasteiger partial charge in [-0.05, 0) is 0 Å². The largest absolute Gasteiger partial charge is 0.382 e. The Morgan fingerprint density at radius 3 is 1.41 bits per heavy atom. The molecule has 0 fully saturated rings. The molecular weight excluding hydrogens is 222 g/mol. The van der Waals surface area contributed by atoms with Crippen molar-refractivity contribution in [3.05, 3.63) is 0 Å². The van der Waals surface area contributed by atoms with Gasteiger partial charge < -0.3 is 24.3 Å². The van der Waals surface area contributed by atoms with E-state index >= 15 is 0 Å². The molecule has 0 aliphatic carbocycles. The number of rotatable bonds is 12. The van der Waals surface area contributed by atoms with E-state index < -0.39 is 0 Å². The molecule has 0 aromatic heterocycles. The molecule has 0 radical (unpaired) electrons. The topological polar surface area (TPSA) is 49.0 Å². The van der Waals surface area contributed by atoms with Gasteiger partial charge in [0.15, 0.2) is 0 Å². The van der Waals surface area contributed by atoms with Crippen molar-refractivity contribution in [2.75, 3.05) is 67.0 Å². The zero-order chi connectivity index (χ0) is 13.2. The SMILES string of the molecule is CC.COCCOCCNCCOCCOC. The van der Waals surface area contributed by atoms with Gasteiger partial charge in [0, 0.05) is 27.3 Å². The maximum atomic E-state index is 5.27. The van der Waals surface area contributed by atoms with Gasteiger partial charge in [0.1, 0.15) is 0 Å². The van der Waals surface area contributed by atoms with Crippen LogP contribution in [0.15, 0.2) is 0 Å². The van der Waals surface area contributed by atoms with E-state index in [-0.39, 0.29) is 0 Å². The number of methoxy groups -OCH3 is 2. The lowest BCUT2D eigenvalue weighted by Gasteiger charge is -2.06. The Morgan fingerprint density at radius 1 is 0.647 bits per heavy atom. The highest BCUT2D eigenvalue weighted by atomic mass is 16.5. The molecule has 0 aliphatic heterocycles. The second-order valence-electron chi connectivity index (χ2n) is 2.96. The molecule has 0 amide bonds. The molecule has 0 heterocycles. The molecule has 0 rings (SSSR count). The third kappa shape index (κ3) is 21.6. The summed E-state index contributed by atoms with van der Waals surface area (Å²) in [7, 11) is 3.33. The number of nitrogens with one attached hydrogen (secondary N) is 1. The molecule has 0 unspecified atom stereocenters. The molecule has 5 heteroatoms. The lowest BCUT2D eigenvalue weighted by molar-refractivity contribution is 0.0639. The molecule has 1 N–H and O–H groups in total.